The highest BCUT2D eigenvalue weighted by Gasteiger charge is 2.12. The summed E-state index contributed by atoms with van der Waals surface area (Å²) in [5.41, 5.74) is 6.42. The minimum Gasteiger partial charge on any atom is -0.436 e. The third-order valence-electron chi connectivity index (χ3n) is 3.92. The van der Waals surface area contributed by atoms with Gasteiger partial charge in [0.15, 0.2) is 5.58 Å². The van der Waals surface area contributed by atoms with Crippen LogP contribution in [0.2, 0.25) is 0 Å². The van der Waals surface area contributed by atoms with Gasteiger partial charge in [0.05, 0.1) is 0 Å². The van der Waals surface area contributed by atoms with E-state index in [0.29, 0.717) is 5.89 Å². The highest BCUT2D eigenvalue weighted by molar-refractivity contribution is 5.80. The van der Waals surface area contributed by atoms with E-state index in [1.807, 2.05) is 57.2 Å². The molecule has 0 radical (unpaired) electrons. The molecule has 0 saturated heterocycles. The standard InChI is InChI=1S/C20H16N4O/c1-12-6-14(3)19-18(7-12)24-20(25-19)16-5-4-13(2)17(8-16)23-11-15(9-21)10-22/h4-8,11,23H,1-3H3. The third-order valence-corrected chi connectivity index (χ3v) is 3.92. The van der Waals surface area contributed by atoms with Crippen molar-refractivity contribution in [3.05, 3.63) is 58.8 Å². The second kappa shape index (κ2) is 6.51. The van der Waals surface area contributed by atoms with Crippen molar-refractivity contribution in [3.8, 4) is 23.6 Å². The van der Waals surface area contributed by atoms with E-state index in [4.69, 9.17) is 14.9 Å². The molecule has 25 heavy (non-hydrogen) atoms. The van der Waals surface area contributed by atoms with Crippen LogP contribution in [0.25, 0.3) is 22.6 Å². The summed E-state index contributed by atoms with van der Waals surface area (Å²) in [6.45, 7) is 5.98. The Labute approximate surface area is 145 Å². The number of aromatic nitrogens is 1. The molecule has 0 aliphatic rings. The summed E-state index contributed by atoms with van der Waals surface area (Å²) in [7, 11) is 0. The molecular formula is C20H16N4O. The van der Waals surface area contributed by atoms with Crippen LogP contribution < -0.4 is 5.32 Å². The predicted molar refractivity (Wildman–Crippen MR) is 96.6 cm³/mol. The monoisotopic (exact) mass is 328 g/mol. The molecular weight excluding hydrogens is 312 g/mol. The largest absolute Gasteiger partial charge is 0.436 e. The van der Waals surface area contributed by atoms with Gasteiger partial charge in [0, 0.05) is 17.5 Å². The van der Waals surface area contributed by atoms with Gasteiger partial charge in [-0.3, -0.25) is 0 Å². The van der Waals surface area contributed by atoms with Crippen LogP contribution in [0.1, 0.15) is 16.7 Å². The first-order valence-electron chi connectivity index (χ1n) is 7.77. The maximum absolute atomic E-state index is 8.83. The van der Waals surface area contributed by atoms with E-state index in [9.17, 15) is 0 Å². The van der Waals surface area contributed by atoms with Gasteiger partial charge in [-0.2, -0.15) is 10.5 Å². The Morgan fingerprint density at radius 1 is 1.08 bits per heavy atom. The van der Waals surface area contributed by atoms with E-state index < -0.39 is 0 Å². The lowest BCUT2D eigenvalue weighted by Gasteiger charge is -2.07. The van der Waals surface area contributed by atoms with Gasteiger partial charge in [0.2, 0.25) is 5.89 Å². The molecule has 1 aromatic heterocycles. The lowest BCUT2D eigenvalue weighted by Crippen LogP contribution is -1.93. The zero-order valence-corrected chi connectivity index (χ0v) is 14.2. The molecule has 0 saturated carbocycles. The van der Waals surface area contributed by atoms with Crippen molar-refractivity contribution in [1.82, 2.24) is 4.98 Å². The lowest BCUT2D eigenvalue weighted by atomic mass is 10.1. The Morgan fingerprint density at radius 3 is 2.56 bits per heavy atom. The molecule has 3 rings (SSSR count). The molecule has 0 unspecified atom stereocenters. The summed E-state index contributed by atoms with van der Waals surface area (Å²) in [6, 6.07) is 13.5. The summed E-state index contributed by atoms with van der Waals surface area (Å²) in [6.07, 6.45) is 1.39. The molecule has 122 valence electrons. The van der Waals surface area contributed by atoms with Gasteiger partial charge >= 0.3 is 0 Å². The number of nitrogens with one attached hydrogen (secondary N) is 1. The second-order valence-corrected chi connectivity index (χ2v) is 5.90. The number of aryl methyl sites for hydroxylation is 3. The van der Waals surface area contributed by atoms with Crippen molar-refractivity contribution in [3.63, 3.8) is 0 Å². The number of nitrogens with zero attached hydrogens (tertiary/aromatic N) is 3. The van der Waals surface area contributed by atoms with Gasteiger partial charge in [-0.25, -0.2) is 4.98 Å². The fourth-order valence-corrected chi connectivity index (χ4v) is 2.65. The van der Waals surface area contributed by atoms with E-state index in [1.54, 1.807) is 0 Å². The molecule has 0 bridgehead atoms. The van der Waals surface area contributed by atoms with Crippen molar-refractivity contribution in [2.45, 2.75) is 20.8 Å². The van der Waals surface area contributed by atoms with E-state index in [-0.39, 0.29) is 5.57 Å². The van der Waals surface area contributed by atoms with Gasteiger partial charge in [-0.05, 0) is 55.7 Å². The van der Waals surface area contributed by atoms with Crippen molar-refractivity contribution < 1.29 is 4.42 Å². The average Bonchev–Trinajstić information content (AvgIpc) is 3.01. The Bertz CT molecular complexity index is 1060. The van der Waals surface area contributed by atoms with Crippen LogP contribution in [-0.4, -0.2) is 4.98 Å². The van der Waals surface area contributed by atoms with Crippen molar-refractivity contribution >= 4 is 16.8 Å². The van der Waals surface area contributed by atoms with Crippen LogP contribution in [0, 0.1) is 43.4 Å². The van der Waals surface area contributed by atoms with Gasteiger partial charge in [0.25, 0.3) is 0 Å². The number of benzene rings is 2. The molecule has 5 nitrogen and oxygen atoms in total. The number of hydrogen-bond acceptors (Lipinski definition) is 5. The molecule has 0 fully saturated rings. The van der Waals surface area contributed by atoms with Crippen LogP contribution in [0.15, 0.2) is 46.5 Å². The molecule has 1 heterocycles. The first-order chi connectivity index (χ1) is 12.0. The number of allylic oxidation sites excluding steroid dienone is 1. The minimum absolute atomic E-state index is 0.0118. The minimum atomic E-state index is 0.0118. The fraction of sp³-hybridized carbons (Fsp3) is 0.150. The summed E-state index contributed by atoms with van der Waals surface area (Å²) < 4.78 is 5.94. The van der Waals surface area contributed by atoms with Crippen molar-refractivity contribution in [2.75, 3.05) is 5.32 Å². The Hall–Kier alpha value is -3.57. The second-order valence-electron chi connectivity index (χ2n) is 5.90. The van der Waals surface area contributed by atoms with E-state index in [1.165, 1.54) is 6.20 Å². The highest BCUT2D eigenvalue weighted by Crippen LogP contribution is 2.30. The molecule has 3 aromatic rings. The third kappa shape index (κ3) is 3.22. The quantitative estimate of drug-likeness (QED) is 0.700. The van der Waals surface area contributed by atoms with E-state index >= 15 is 0 Å². The molecule has 2 aromatic carbocycles. The van der Waals surface area contributed by atoms with Crippen LogP contribution >= 0.6 is 0 Å². The highest BCUT2D eigenvalue weighted by atomic mass is 16.3. The van der Waals surface area contributed by atoms with E-state index in [2.05, 4.69) is 16.4 Å². The van der Waals surface area contributed by atoms with Crippen LogP contribution in [0.3, 0.4) is 0 Å². The SMILES string of the molecule is Cc1cc(C)c2oc(-c3ccc(C)c(NC=C(C#N)C#N)c3)nc2c1. The Balaban J connectivity index is 2.03. The number of oxazole rings is 1. The Kier molecular flexibility index (Phi) is 4.24. The fourth-order valence-electron chi connectivity index (χ4n) is 2.65. The van der Waals surface area contributed by atoms with Crippen molar-refractivity contribution in [1.29, 1.82) is 10.5 Å². The normalized spacial score (nSPS) is 10.1. The molecule has 5 heteroatoms. The van der Waals surface area contributed by atoms with Gasteiger partial charge in [-0.15, -0.1) is 0 Å². The topological polar surface area (TPSA) is 85.6 Å². The maximum Gasteiger partial charge on any atom is 0.227 e. The molecule has 0 amide bonds. The molecule has 1 N–H and O–H groups in total. The zero-order valence-electron chi connectivity index (χ0n) is 14.2. The van der Waals surface area contributed by atoms with Crippen LogP contribution in [-0.2, 0) is 0 Å². The van der Waals surface area contributed by atoms with Crippen LogP contribution in [0.5, 0.6) is 0 Å². The van der Waals surface area contributed by atoms with Gasteiger partial charge in [0.1, 0.15) is 23.2 Å². The summed E-state index contributed by atoms with van der Waals surface area (Å²) in [5.74, 6) is 0.538. The summed E-state index contributed by atoms with van der Waals surface area (Å²) >= 11 is 0. The number of anilines is 1. The van der Waals surface area contributed by atoms with Gasteiger partial charge < -0.3 is 9.73 Å². The zero-order chi connectivity index (χ0) is 18.0. The number of nitriles is 2. The molecule has 0 spiro atoms. The van der Waals surface area contributed by atoms with Crippen LogP contribution in [0.4, 0.5) is 5.69 Å². The maximum atomic E-state index is 8.83. The summed E-state index contributed by atoms with van der Waals surface area (Å²) in [5, 5.41) is 20.7. The molecule has 0 aliphatic carbocycles. The average molecular weight is 328 g/mol. The number of hydrogen-bond donors (Lipinski definition) is 1. The molecule has 0 aliphatic heterocycles. The number of rotatable bonds is 3. The first-order valence-corrected chi connectivity index (χ1v) is 7.77. The van der Waals surface area contributed by atoms with Crippen molar-refractivity contribution in [2.24, 2.45) is 0 Å². The lowest BCUT2D eigenvalue weighted by molar-refractivity contribution is 0.617. The predicted octanol–water partition coefficient (Wildman–Crippen LogP) is 4.76. The smallest absolute Gasteiger partial charge is 0.227 e. The Morgan fingerprint density at radius 2 is 1.84 bits per heavy atom. The van der Waals surface area contributed by atoms with Gasteiger partial charge in [-0.1, -0.05) is 12.1 Å². The van der Waals surface area contributed by atoms with E-state index in [0.717, 1.165) is 39.0 Å². The number of fused-ring (bicyclic) bond motifs is 1. The first kappa shape index (κ1) is 16.3. The molecule has 0 atom stereocenters. The summed E-state index contributed by atoms with van der Waals surface area (Å²) in [4.78, 5) is 4.59.